The van der Waals surface area contributed by atoms with Gasteiger partial charge in [-0.2, -0.15) is 0 Å². The highest BCUT2D eigenvalue weighted by molar-refractivity contribution is 7.20. The third-order valence-corrected chi connectivity index (χ3v) is 5.56. The first kappa shape index (κ1) is 10.7. The molecule has 0 saturated heterocycles. The summed E-state index contributed by atoms with van der Waals surface area (Å²) in [6.45, 7) is 0. The van der Waals surface area contributed by atoms with Crippen molar-refractivity contribution in [3.05, 3.63) is 52.9 Å². The van der Waals surface area contributed by atoms with Gasteiger partial charge in [0.2, 0.25) is 0 Å². The highest BCUT2D eigenvalue weighted by atomic mass is 32.1. The third kappa shape index (κ3) is 1.27. The van der Waals surface area contributed by atoms with Crippen molar-refractivity contribution >= 4 is 49.3 Å². The molecule has 1 aliphatic rings. The molecule has 96 valence electrons. The normalized spacial score (nSPS) is 14.4. The van der Waals surface area contributed by atoms with Gasteiger partial charge in [0, 0.05) is 36.8 Å². The second-order valence-corrected chi connectivity index (χ2v) is 6.52. The van der Waals surface area contributed by atoms with Crippen molar-refractivity contribution in [1.29, 1.82) is 0 Å². The van der Waals surface area contributed by atoms with Crippen LogP contribution >= 0.6 is 11.3 Å². The topological polar surface area (TPSA) is 15.8 Å². The minimum absolute atomic E-state index is 1.18. The van der Waals surface area contributed by atoms with Gasteiger partial charge in [-0.05, 0) is 30.5 Å². The van der Waals surface area contributed by atoms with Crippen LogP contribution in [0.3, 0.4) is 0 Å². The number of thiophene rings is 1. The molecule has 2 heteroatoms. The maximum atomic E-state index is 3.54. The standard InChI is InChI=1S/C18H13NS/c1-3-7-14-13(6-1)17-15(19-14)10-9-12-11-5-2-4-8-16(11)20-18(12)17/h1-3,5-7,9-10,19H,4,8H2. The zero-order valence-corrected chi connectivity index (χ0v) is 11.8. The summed E-state index contributed by atoms with van der Waals surface area (Å²) in [5, 5.41) is 4.15. The lowest BCUT2D eigenvalue weighted by Crippen LogP contribution is -1.86. The van der Waals surface area contributed by atoms with Gasteiger partial charge in [0.25, 0.3) is 0 Å². The molecule has 0 bridgehead atoms. The van der Waals surface area contributed by atoms with Crippen LogP contribution in [0, 0.1) is 0 Å². The first-order valence-electron chi connectivity index (χ1n) is 7.03. The van der Waals surface area contributed by atoms with E-state index in [1.54, 1.807) is 4.88 Å². The molecular formula is C18H13NS. The minimum atomic E-state index is 1.18. The Hall–Kier alpha value is -2.06. The molecule has 1 nitrogen and oxygen atoms in total. The quantitative estimate of drug-likeness (QED) is 0.436. The van der Waals surface area contributed by atoms with Gasteiger partial charge in [0.1, 0.15) is 0 Å². The Kier molecular flexibility index (Phi) is 2.00. The number of allylic oxidation sites excluding steroid dienone is 1. The van der Waals surface area contributed by atoms with E-state index in [4.69, 9.17) is 0 Å². The first-order valence-corrected chi connectivity index (χ1v) is 7.85. The summed E-state index contributed by atoms with van der Waals surface area (Å²) in [5.74, 6) is 0. The lowest BCUT2D eigenvalue weighted by molar-refractivity contribution is 1.02. The van der Waals surface area contributed by atoms with Gasteiger partial charge < -0.3 is 4.98 Å². The van der Waals surface area contributed by atoms with E-state index in [-0.39, 0.29) is 0 Å². The van der Waals surface area contributed by atoms with Crippen LogP contribution in [0.5, 0.6) is 0 Å². The summed E-state index contributed by atoms with van der Waals surface area (Å²) in [7, 11) is 0. The zero-order valence-electron chi connectivity index (χ0n) is 10.9. The van der Waals surface area contributed by atoms with Gasteiger partial charge >= 0.3 is 0 Å². The Morgan fingerprint density at radius 3 is 2.90 bits per heavy atom. The van der Waals surface area contributed by atoms with E-state index in [0.29, 0.717) is 0 Å². The molecule has 4 aromatic rings. The number of aromatic amines is 1. The molecule has 0 spiro atoms. The molecule has 0 amide bonds. The smallest absolute Gasteiger partial charge is 0.0479 e. The van der Waals surface area contributed by atoms with Crippen molar-refractivity contribution in [3.8, 4) is 0 Å². The van der Waals surface area contributed by atoms with Gasteiger partial charge in [-0.25, -0.2) is 0 Å². The zero-order chi connectivity index (χ0) is 13.1. The fourth-order valence-corrected chi connectivity index (χ4v) is 4.70. The second kappa shape index (κ2) is 3.74. The minimum Gasteiger partial charge on any atom is -0.354 e. The van der Waals surface area contributed by atoms with E-state index in [2.05, 4.69) is 53.5 Å². The fraction of sp³-hybridized carbons (Fsp3) is 0.111. The monoisotopic (exact) mass is 275 g/mol. The molecule has 1 aliphatic carbocycles. The highest BCUT2D eigenvalue weighted by Crippen LogP contribution is 2.41. The maximum Gasteiger partial charge on any atom is 0.0479 e. The number of aryl methyl sites for hydroxylation is 1. The molecule has 5 rings (SSSR count). The molecule has 2 aromatic heterocycles. The number of rotatable bonds is 0. The van der Waals surface area contributed by atoms with E-state index < -0.39 is 0 Å². The molecule has 2 heterocycles. The van der Waals surface area contributed by atoms with Gasteiger partial charge in [0.05, 0.1) is 0 Å². The Labute approximate surface area is 120 Å². The lowest BCUT2D eigenvalue weighted by atomic mass is 10.0. The van der Waals surface area contributed by atoms with Crippen LogP contribution in [0.15, 0.2) is 42.5 Å². The lowest BCUT2D eigenvalue weighted by Gasteiger charge is -2.03. The number of hydrogen-bond acceptors (Lipinski definition) is 1. The molecule has 0 saturated carbocycles. The summed E-state index contributed by atoms with van der Waals surface area (Å²) >= 11 is 1.98. The fourth-order valence-electron chi connectivity index (χ4n) is 3.34. The van der Waals surface area contributed by atoms with Gasteiger partial charge in [0.15, 0.2) is 0 Å². The van der Waals surface area contributed by atoms with E-state index >= 15 is 0 Å². The summed E-state index contributed by atoms with van der Waals surface area (Å²) < 4.78 is 1.44. The summed E-state index contributed by atoms with van der Waals surface area (Å²) in [6.07, 6.45) is 6.97. The van der Waals surface area contributed by atoms with Gasteiger partial charge in [-0.15, -0.1) is 11.3 Å². The molecule has 2 aromatic carbocycles. The number of H-pyrrole nitrogens is 1. The van der Waals surface area contributed by atoms with E-state index in [1.165, 1.54) is 50.3 Å². The number of para-hydroxylation sites is 1. The molecule has 0 atom stereocenters. The van der Waals surface area contributed by atoms with Gasteiger partial charge in [-0.3, -0.25) is 0 Å². The van der Waals surface area contributed by atoms with Crippen LogP contribution < -0.4 is 0 Å². The average molecular weight is 275 g/mol. The molecular weight excluding hydrogens is 262 g/mol. The number of fused-ring (bicyclic) bond motifs is 7. The SMILES string of the molecule is C1=Cc2c(sc3c2ccc2[nH]c4ccccc4c23)CC1. The van der Waals surface area contributed by atoms with Crippen molar-refractivity contribution in [2.75, 3.05) is 0 Å². The molecule has 0 unspecified atom stereocenters. The van der Waals surface area contributed by atoms with Crippen molar-refractivity contribution in [2.45, 2.75) is 12.8 Å². The van der Waals surface area contributed by atoms with E-state index in [0.717, 1.165) is 0 Å². The molecule has 0 aliphatic heterocycles. The molecule has 1 N–H and O–H groups in total. The molecule has 0 radical (unpaired) electrons. The van der Waals surface area contributed by atoms with Crippen molar-refractivity contribution < 1.29 is 0 Å². The van der Waals surface area contributed by atoms with Crippen molar-refractivity contribution in [1.82, 2.24) is 4.98 Å². The summed E-state index contributed by atoms with van der Waals surface area (Å²) in [4.78, 5) is 5.08. The third-order valence-electron chi connectivity index (χ3n) is 4.26. The van der Waals surface area contributed by atoms with Crippen LogP contribution in [0.2, 0.25) is 0 Å². The van der Waals surface area contributed by atoms with Crippen molar-refractivity contribution in [2.24, 2.45) is 0 Å². The van der Waals surface area contributed by atoms with E-state index in [1.807, 2.05) is 11.3 Å². The number of benzene rings is 2. The average Bonchev–Trinajstić information content (AvgIpc) is 3.04. The van der Waals surface area contributed by atoms with Crippen LogP contribution in [-0.4, -0.2) is 4.98 Å². The summed E-state index contributed by atoms with van der Waals surface area (Å²) in [5.41, 5.74) is 3.93. The van der Waals surface area contributed by atoms with Crippen LogP contribution in [0.1, 0.15) is 16.9 Å². The maximum absolute atomic E-state index is 3.54. The largest absolute Gasteiger partial charge is 0.354 e. The Bertz CT molecular complexity index is 1000. The van der Waals surface area contributed by atoms with Crippen LogP contribution in [0.25, 0.3) is 38.0 Å². The Morgan fingerprint density at radius 2 is 1.90 bits per heavy atom. The molecule has 0 fully saturated rings. The number of aromatic nitrogens is 1. The first-order chi connectivity index (χ1) is 9.92. The van der Waals surface area contributed by atoms with Crippen molar-refractivity contribution in [3.63, 3.8) is 0 Å². The number of hydrogen-bond donors (Lipinski definition) is 1. The highest BCUT2D eigenvalue weighted by Gasteiger charge is 2.16. The van der Waals surface area contributed by atoms with E-state index in [9.17, 15) is 0 Å². The Balaban J connectivity index is 2.05. The Morgan fingerprint density at radius 1 is 0.950 bits per heavy atom. The van der Waals surface area contributed by atoms with Crippen LogP contribution in [-0.2, 0) is 6.42 Å². The van der Waals surface area contributed by atoms with Crippen LogP contribution in [0.4, 0.5) is 0 Å². The summed E-state index contributed by atoms with van der Waals surface area (Å²) in [6, 6.07) is 13.1. The predicted octanol–water partition coefficient (Wildman–Crippen LogP) is 5.50. The van der Waals surface area contributed by atoms with Gasteiger partial charge in [-0.1, -0.05) is 36.4 Å². The predicted molar refractivity (Wildman–Crippen MR) is 88.5 cm³/mol. The second-order valence-electron chi connectivity index (χ2n) is 5.42. The molecule has 20 heavy (non-hydrogen) atoms. The number of nitrogens with one attached hydrogen (secondary N) is 1.